The van der Waals surface area contributed by atoms with Gasteiger partial charge in [0, 0.05) is 42.4 Å². The Morgan fingerprint density at radius 3 is 2.48 bits per heavy atom. The monoisotopic (exact) mass is 600 g/mol. The van der Waals surface area contributed by atoms with E-state index in [0.29, 0.717) is 60.8 Å². The SMILES string of the molecule is C/C=C1/C[C@@H](c2cccc(CO)c2)C#C[C@H]2CC(=O)Oc3cc(O)c(cc32)C[C@H]([C@](O)(CCC)C2CCC(=O)CC2)OC1=O. The fraction of sp³-hybridized carbons (Fsp3) is 0.472. The molecule has 5 rings (SSSR count). The zero-order chi connectivity index (χ0) is 31.4. The molecule has 2 aromatic carbocycles. The maximum atomic E-state index is 13.9. The van der Waals surface area contributed by atoms with Gasteiger partial charge in [0.05, 0.1) is 18.9 Å². The minimum atomic E-state index is -1.44. The largest absolute Gasteiger partial charge is 0.508 e. The second-order valence-corrected chi connectivity index (χ2v) is 12.2. The van der Waals surface area contributed by atoms with Gasteiger partial charge in [-0.1, -0.05) is 55.5 Å². The number of aliphatic hydroxyl groups is 2. The molecule has 2 heterocycles. The van der Waals surface area contributed by atoms with Crippen LogP contribution in [-0.4, -0.2) is 44.7 Å². The molecule has 0 saturated heterocycles. The van der Waals surface area contributed by atoms with Gasteiger partial charge in [-0.05, 0) is 61.3 Å². The highest BCUT2D eigenvalue weighted by Crippen LogP contribution is 2.43. The van der Waals surface area contributed by atoms with Crippen LogP contribution in [0.3, 0.4) is 0 Å². The van der Waals surface area contributed by atoms with Crippen molar-refractivity contribution in [2.45, 2.75) is 102 Å². The summed E-state index contributed by atoms with van der Waals surface area (Å²) in [5.74, 6) is 4.53. The van der Waals surface area contributed by atoms with Gasteiger partial charge in [0.25, 0.3) is 0 Å². The van der Waals surface area contributed by atoms with Crippen molar-refractivity contribution >= 4 is 17.7 Å². The summed E-state index contributed by atoms with van der Waals surface area (Å²) in [5.41, 5.74) is 1.54. The van der Waals surface area contributed by atoms with Crippen LogP contribution in [0, 0.1) is 17.8 Å². The molecule has 1 aliphatic carbocycles. The van der Waals surface area contributed by atoms with E-state index in [0.717, 1.165) is 5.56 Å². The number of Topliss-reactive ketones (excluding diaryl/α,β-unsaturated/α-hetero) is 1. The summed E-state index contributed by atoms with van der Waals surface area (Å²) in [7, 11) is 0. The van der Waals surface area contributed by atoms with Crippen molar-refractivity contribution in [3.05, 3.63) is 70.3 Å². The Labute approximate surface area is 258 Å². The summed E-state index contributed by atoms with van der Waals surface area (Å²) in [5, 5.41) is 33.2. The number of phenols is 1. The molecule has 0 unspecified atom stereocenters. The maximum Gasteiger partial charge on any atom is 0.334 e. The number of cyclic esters (lactones) is 1. The zero-order valence-electron chi connectivity index (χ0n) is 25.3. The molecule has 2 aliphatic heterocycles. The van der Waals surface area contributed by atoms with Crippen molar-refractivity contribution in [2.75, 3.05) is 0 Å². The van der Waals surface area contributed by atoms with Gasteiger partial charge in [-0.15, -0.1) is 0 Å². The van der Waals surface area contributed by atoms with Gasteiger partial charge in [-0.25, -0.2) is 4.79 Å². The number of allylic oxidation sites excluding steroid dienone is 1. The van der Waals surface area contributed by atoms with Gasteiger partial charge in [0.1, 0.15) is 29.0 Å². The first kappa shape index (κ1) is 31.5. The maximum absolute atomic E-state index is 13.9. The molecule has 0 aromatic heterocycles. The molecule has 2 aromatic rings. The van der Waals surface area contributed by atoms with Crippen LogP contribution in [-0.2, 0) is 32.1 Å². The summed E-state index contributed by atoms with van der Waals surface area (Å²) in [6, 6.07) is 10.5. The number of hydrogen-bond acceptors (Lipinski definition) is 8. The van der Waals surface area contributed by atoms with Crippen LogP contribution in [0.5, 0.6) is 11.5 Å². The van der Waals surface area contributed by atoms with E-state index in [1.165, 1.54) is 6.07 Å². The van der Waals surface area contributed by atoms with Crippen molar-refractivity contribution in [3.8, 4) is 23.3 Å². The number of ether oxygens (including phenoxy) is 2. The summed E-state index contributed by atoms with van der Waals surface area (Å²) < 4.78 is 11.7. The second kappa shape index (κ2) is 13.4. The Kier molecular flexibility index (Phi) is 9.57. The number of phenolic OH excluding ortho intramolecular Hbond substituents is 1. The number of aromatic hydroxyl groups is 1. The average molecular weight is 601 g/mol. The smallest absolute Gasteiger partial charge is 0.334 e. The molecule has 1 saturated carbocycles. The van der Waals surface area contributed by atoms with Gasteiger partial charge < -0.3 is 24.8 Å². The van der Waals surface area contributed by atoms with Crippen molar-refractivity contribution in [2.24, 2.45) is 5.92 Å². The Hall–Kier alpha value is -3.93. The predicted octanol–water partition coefficient (Wildman–Crippen LogP) is 5.16. The quantitative estimate of drug-likeness (QED) is 0.179. The molecular formula is C36H40O8. The van der Waals surface area contributed by atoms with E-state index in [1.54, 1.807) is 25.1 Å². The predicted molar refractivity (Wildman–Crippen MR) is 163 cm³/mol. The molecule has 1 fully saturated rings. The average Bonchev–Trinajstić information content (AvgIpc) is 3.02. The minimum Gasteiger partial charge on any atom is -0.508 e. The molecule has 44 heavy (non-hydrogen) atoms. The third-order valence-electron chi connectivity index (χ3n) is 9.30. The molecule has 2 bridgehead atoms. The van der Waals surface area contributed by atoms with E-state index < -0.39 is 35.5 Å². The van der Waals surface area contributed by atoms with Gasteiger partial charge >= 0.3 is 11.9 Å². The lowest BCUT2D eigenvalue weighted by Gasteiger charge is -2.43. The number of ketones is 1. The van der Waals surface area contributed by atoms with Gasteiger partial charge in [0.2, 0.25) is 0 Å². The lowest BCUT2D eigenvalue weighted by atomic mass is 9.70. The van der Waals surface area contributed by atoms with Crippen molar-refractivity contribution < 1.29 is 39.2 Å². The number of aliphatic hydroxyl groups excluding tert-OH is 1. The highest BCUT2D eigenvalue weighted by atomic mass is 16.6. The van der Waals surface area contributed by atoms with Crippen molar-refractivity contribution in [3.63, 3.8) is 0 Å². The molecule has 3 aliphatic rings. The third kappa shape index (κ3) is 6.59. The van der Waals surface area contributed by atoms with Crippen LogP contribution in [0.15, 0.2) is 48.0 Å². The minimum absolute atomic E-state index is 0.0266. The molecule has 0 amide bonds. The van der Waals surface area contributed by atoms with E-state index in [-0.39, 0.29) is 49.1 Å². The van der Waals surface area contributed by atoms with Crippen LogP contribution in [0.25, 0.3) is 0 Å². The van der Waals surface area contributed by atoms with E-state index in [4.69, 9.17) is 9.47 Å². The fourth-order valence-electron chi connectivity index (χ4n) is 6.82. The summed E-state index contributed by atoms with van der Waals surface area (Å²) in [4.78, 5) is 38.6. The van der Waals surface area contributed by atoms with Crippen LogP contribution >= 0.6 is 0 Å². The highest BCUT2D eigenvalue weighted by Gasteiger charge is 2.47. The number of hydrogen-bond donors (Lipinski definition) is 3. The molecule has 8 nitrogen and oxygen atoms in total. The Balaban J connectivity index is 1.65. The van der Waals surface area contributed by atoms with Crippen LogP contribution < -0.4 is 4.74 Å². The topological polar surface area (TPSA) is 130 Å². The summed E-state index contributed by atoms with van der Waals surface area (Å²) in [6.45, 7) is 3.56. The molecular weight excluding hydrogens is 560 g/mol. The second-order valence-electron chi connectivity index (χ2n) is 12.2. The van der Waals surface area contributed by atoms with E-state index in [1.807, 2.05) is 25.1 Å². The molecule has 232 valence electrons. The number of carbonyl (C=O) groups is 3. The molecule has 3 N–H and O–H groups in total. The first-order valence-corrected chi connectivity index (χ1v) is 15.5. The lowest BCUT2D eigenvalue weighted by molar-refractivity contribution is -0.174. The Morgan fingerprint density at radius 2 is 1.77 bits per heavy atom. The van der Waals surface area contributed by atoms with Crippen LogP contribution in [0.1, 0.15) is 99.3 Å². The lowest BCUT2D eigenvalue weighted by Crippen LogP contribution is -2.53. The van der Waals surface area contributed by atoms with Gasteiger partial charge in [-0.2, -0.15) is 0 Å². The first-order valence-electron chi connectivity index (χ1n) is 15.5. The molecule has 0 spiro atoms. The summed E-state index contributed by atoms with van der Waals surface area (Å²) >= 11 is 0. The Morgan fingerprint density at radius 1 is 1.02 bits per heavy atom. The van der Waals surface area contributed by atoms with Crippen LogP contribution in [0.4, 0.5) is 0 Å². The number of esters is 2. The first-order chi connectivity index (χ1) is 21.1. The third-order valence-corrected chi connectivity index (χ3v) is 9.30. The fourth-order valence-corrected chi connectivity index (χ4v) is 6.82. The van der Waals surface area contributed by atoms with Gasteiger partial charge in [0.15, 0.2) is 0 Å². The standard InChI is InChI=1S/C36H40O8/c1-3-14-36(42,28-10-12-29(38)13-11-28)33-18-27-17-30-26(19-34(40)43-32(30)20-31(27)39)9-8-25(16-23(4-2)35(41)44-33)24-7-5-6-22(15-24)21-37/h4-7,15,17,20,25-26,28,33,37,39,42H,3,10-14,16,18-19,21H2,1-2H3/b23-4-/t25-,26-,33+,36-/m0/s1. The molecule has 8 heteroatoms. The number of carbonyl (C=O) groups excluding carboxylic acids is 3. The number of fused-ring (bicyclic) bond motifs is 1. The molecule has 4 atom stereocenters. The summed E-state index contributed by atoms with van der Waals surface area (Å²) in [6.07, 6.45) is 3.61. The number of rotatable bonds is 6. The van der Waals surface area contributed by atoms with Crippen molar-refractivity contribution in [1.29, 1.82) is 0 Å². The normalized spacial score (nSPS) is 25.0. The highest BCUT2D eigenvalue weighted by molar-refractivity contribution is 5.89. The van der Waals surface area contributed by atoms with E-state index in [2.05, 4.69) is 11.8 Å². The van der Waals surface area contributed by atoms with E-state index in [9.17, 15) is 29.7 Å². The zero-order valence-corrected chi connectivity index (χ0v) is 25.3. The van der Waals surface area contributed by atoms with E-state index >= 15 is 0 Å². The van der Waals surface area contributed by atoms with Crippen LogP contribution in [0.2, 0.25) is 0 Å². The Bertz CT molecular complexity index is 1520. The number of benzene rings is 2. The van der Waals surface area contributed by atoms with Gasteiger partial charge in [-0.3, -0.25) is 9.59 Å². The van der Waals surface area contributed by atoms with Crippen molar-refractivity contribution in [1.82, 2.24) is 0 Å². The molecule has 0 radical (unpaired) electrons.